The number of allylic oxidation sites excluding steroid dienone is 3. The second-order valence-electron chi connectivity index (χ2n) is 5.20. The Morgan fingerprint density at radius 1 is 1.25 bits per heavy atom. The molecule has 0 bridgehead atoms. The van der Waals surface area contributed by atoms with Gasteiger partial charge in [0.05, 0.1) is 6.04 Å². The number of aliphatic imine (C=N–C) groups is 1. The molecule has 1 atom stereocenters. The van der Waals surface area contributed by atoms with Gasteiger partial charge >= 0.3 is 0 Å². The van der Waals surface area contributed by atoms with Crippen molar-refractivity contribution in [3.63, 3.8) is 0 Å². The summed E-state index contributed by atoms with van der Waals surface area (Å²) in [6.07, 6.45) is 12.8. The molecule has 0 amide bonds. The summed E-state index contributed by atoms with van der Waals surface area (Å²) in [6.45, 7) is 2.31. The molecule has 1 unspecified atom stereocenters. The topological polar surface area (TPSA) is 12.4 Å². The molecule has 1 heterocycles. The lowest BCUT2D eigenvalue weighted by Gasteiger charge is -2.33. The summed E-state index contributed by atoms with van der Waals surface area (Å²) < 4.78 is 0. The third-order valence-electron chi connectivity index (χ3n) is 4.23. The lowest BCUT2D eigenvalue weighted by atomic mass is 9.78. The van der Waals surface area contributed by atoms with Crippen LogP contribution in [0.5, 0.6) is 0 Å². The van der Waals surface area contributed by atoms with Gasteiger partial charge in [-0.3, -0.25) is 4.99 Å². The molecule has 2 aliphatic carbocycles. The fraction of sp³-hybridized carbons (Fsp3) is 0.667. The Balaban J connectivity index is 2.05. The normalized spacial score (nSPS) is 29.2. The summed E-state index contributed by atoms with van der Waals surface area (Å²) >= 11 is 0. The van der Waals surface area contributed by atoms with Crippen molar-refractivity contribution in [1.82, 2.24) is 0 Å². The average molecular weight is 215 g/mol. The maximum Gasteiger partial charge on any atom is 0.0718 e. The van der Waals surface area contributed by atoms with E-state index in [0.717, 1.165) is 0 Å². The van der Waals surface area contributed by atoms with Crippen LogP contribution in [0.4, 0.5) is 0 Å². The predicted molar refractivity (Wildman–Crippen MR) is 68.9 cm³/mol. The van der Waals surface area contributed by atoms with E-state index in [1.54, 1.807) is 11.1 Å². The van der Waals surface area contributed by atoms with E-state index in [9.17, 15) is 0 Å². The van der Waals surface area contributed by atoms with E-state index in [1.807, 2.05) is 0 Å². The van der Waals surface area contributed by atoms with E-state index < -0.39 is 0 Å². The minimum absolute atomic E-state index is 0.564. The van der Waals surface area contributed by atoms with Gasteiger partial charge in [0.25, 0.3) is 0 Å². The van der Waals surface area contributed by atoms with Gasteiger partial charge in [-0.25, -0.2) is 0 Å². The van der Waals surface area contributed by atoms with E-state index in [1.165, 1.54) is 62.7 Å². The van der Waals surface area contributed by atoms with Gasteiger partial charge in [-0.1, -0.05) is 19.4 Å². The Kier molecular flexibility index (Phi) is 2.70. The lowest BCUT2D eigenvalue weighted by molar-refractivity contribution is 0.526. The number of dihydropyridines is 1. The van der Waals surface area contributed by atoms with Crippen molar-refractivity contribution in [1.29, 1.82) is 0 Å². The number of nitrogens with zero attached hydrogens (tertiary/aromatic N) is 1. The van der Waals surface area contributed by atoms with Crippen LogP contribution in [-0.4, -0.2) is 11.8 Å². The number of fused-ring (bicyclic) bond motifs is 2. The smallest absolute Gasteiger partial charge is 0.0718 e. The first-order chi connectivity index (χ1) is 7.90. The number of rotatable bonds is 1. The highest BCUT2D eigenvalue weighted by molar-refractivity contribution is 6.05. The third kappa shape index (κ3) is 1.57. The summed E-state index contributed by atoms with van der Waals surface area (Å²) in [5.41, 5.74) is 6.31. The zero-order valence-electron chi connectivity index (χ0n) is 10.3. The molecule has 1 heteroatoms. The van der Waals surface area contributed by atoms with Crippen molar-refractivity contribution in [3.05, 3.63) is 22.8 Å². The largest absolute Gasteiger partial charge is 0.281 e. The van der Waals surface area contributed by atoms with Crippen molar-refractivity contribution in [2.45, 2.75) is 64.3 Å². The molecule has 0 spiro atoms. The highest BCUT2D eigenvalue weighted by atomic mass is 14.8. The van der Waals surface area contributed by atoms with E-state index in [-0.39, 0.29) is 0 Å². The van der Waals surface area contributed by atoms with Crippen LogP contribution in [0.1, 0.15) is 58.3 Å². The summed E-state index contributed by atoms with van der Waals surface area (Å²) in [7, 11) is 0. The Hall–Kier alpha value is -0.850. The second kappa shape index (κ2) is 4.20. The van der Waals surface area contributed by atoms with E-state index in [2.05, 4.69) is 13.0 Å². The van der Waals surface area contributed by atoms with Crippen LogP contribution in [0.25, 0.3) is 0 Å². The first-order valence-electron chi connectivity index (χ1n) is 6.89. The van der Waals surface area contributed by atoms with Gasteiger partial charge in [0.1, 0.15) is 0 Å². The SMILES string of the molecule is CCC1=C2CCCCC2N=C2CCCC=C21. The zero-order valence-corrected chi connectivity index (χ0v) is 10.3. The summed E-state index contributed by atoms with van der Waals surface area (Å²) in [6, 6.07) is 0.564. The highest BCUT2D eigenvalue weighted by Crippen LogP contribution is 2.39. The second-order valence-corrected chi connectivity index (χ2v) is 5.20. The number of hydrogen-bond acceptors (Lipinski definition) is 1. The molecule has 3 aliphatic rings. The summed E-state index contributed by atoms with van der Waals surface area (Å²) in [4.78, 5) is 5.01. The highest BCUT2D eigenvalue weighted by Gasteiger charge is 2.29. The van der Waals surface area contributed by atoms with E-state index in [0.29, 0.717) is 6.04 Å². The third-order valence-corrected chi connectivity index (χ3v) is 4.23. The molecule has 0 aromatic rings. The molecule has 0 N–H and O–H groups in total. The summed E-state index contributed by atoms with van der Waals surface area (Å²) in [5, 5.41) is 0. The molecule has 0 radical (unpaired) electrons. The van der Waals surface area contributed by atoms with Crippen molar-refractivity contribution < 1.29 is 0 Å². The van der Waals surface area contributed by atoms with Gasteiger partial charge in [-0.05, 0) is 61.7 Å². The Labute approximate surface area is 98.3 Å². The molecule has 86 valence electrons. The minimum atomic E-state index is 0.564. The molecule has 0 saturated heterocycles. The van der Waals surface area contributed by atoms with E-state index in [4.69, 9.17) is 4.99 Å². The molecular weight excluding hydrogens is 194 g/mol. The van der Waals surface area contributed by atoms with Gasteiger partial charge < -0.3 is 0 Å². The predicted octanol–water partition coefficient (Wildman–Crippen LogP) is 4.20. The van der Waals surface area contributed by atoms with Crippen LogP contribution in [0.2, 0.25) is 0 Å². The Morgan fingerprint density at radius 2 is 2.19 bits per heavy atom. The quantitative estimate of drug-likeness (QED) is 0.621. The molecular formula is C15H21N. The van der Waals surface area contributed by atoms with Crippen LogP contribution >= 0.6 is 0 Å². The molecule has 1 nitrogen and oxygen atoms in total. The van der Waals surface area contributed by atoms with Gasteiger partial charge in [0.15, 0.2) is 0 Å². The standard InChI is InChI=1S/C15H21N/c1-2-11-12-7-3-5-9-14(12)16-15-10-6-4-8-13(11)15/h7,15H,2-6,8-10H2,1H3. The van der Waals surface area contributed by atoms with Gasteiger partial charge in [-0.2, -0.15) is 0 Å². The van der Waals surface area contributed by atoms with Crippen molar-refractivity contribution in [2.24, 2.45) is 4.99 Å². The Morgan fingerprint density at radius 3 is 3.06 bits per heavy atom. The van der Waals surface area contributed by atoms with Gasteiger partial charge in [0.2, 0.25) is 0 Å². The monoisotopic (exact) mass is 215 g/mol. The van der Waals surface area contributed by atoms with Crippen molar-refractivity contribution in [2.75, 3.05) is 0 Å². The Bertz CT molecular complexity index is 384. The number of hydrogen-bond donors (Lipinski definition) is 0. The zero-order chi connectivity index (χ0) is 11.0. The van der Waals surface area contributed by atoms with E-state index >= 15 is 0 Å². The van der Waals surface area contributed by atoms with Crippen LogP contribution in [0, 0.1) is 0 Å². The fourth-order valence-electron chi connectivity index (χ4n) is 3.47. The molecule has 1 aliphatic heterocycles. The first-order valence-corrected chi connectivity index (χ1v) is 6.89. The molecule has 3 rings (SSSR count). The van der Waals surface area contributed by atoms with Crippen LogP contribution < -0.4 is 0 Å². The first kappa shape index (κ1) is 10.3. The molecule has 1 saturated carbocycles. The maximum atomic E-state index is 5.01. The van der Waals surface area contributed by atoms with Crippen LogP contribution in [-0.2, 0) is 0 Å². The summed E-state index contributed by atoms with van der Waals surface area (Å²) in [5.74, 6) is 0. The molecule has 0 aromatic carbocycles. The van der Waals surface area contributed by atoms with Gasteiger partial charge in [0, 0.05) is 5.71 Å². The van der Waals surface area contributed by atoms with Crippen LogP contribution in [0.15, 0.2) is 27.8 Å². The average Bonchev–Trinajstić information content (AvgIpc) is 2.36. The molecule has 1 fully saturated rings. The lowest BCUT2D eigenvalue weighted by Crippen LogP contribution is -2.26. The minimum Gasteiger partial charge on any atom is -0.281 e. The maximum absolute atomic E-state index is 5.01. The fourth-order valence-corrected chi connectivity index (χ4v) is 3.47. The van der Waals surface area contributed by atoms with Crippen LogP contribution in [0.3, 0.4) is 0 Å². The van der Waals surface area contributed by atoms with Crippen molar-refractivity contribution in [3.8, 4) is 0 Å². The molecule has 0 aromatic heterocycles. The van der Waals surface area contributed by atoms with Gasteiger partial charge in [-0.15, -0.1) is 0 Å². The molecule has 16 heavy (non-hydrogen) atoms. The van der Waals surface area contributed by atoms with Crippen molar-refractivity contribution >= 4 is 5.71 Å².